The van der Waals surface area contributed by atoms with Crippen LogP contribution >= 0.6 is 0 Å². The van der Waals surface area contributed by atoms with Crippen molar-refractivity contribution < 1.29 is 8.42 Å². The Hall–Kier alpha value is -0.170. The number of piperidine rings is 1. The van der Waals surface area contributed by atoms with Gasteiger partial charge in [0.25, 0.3) is 10.2 Å². The van der Waals surface area contributed by atoms with Gasteiger partial charge >= 0.3 is 0 Å². The molecule has 114 valence electrons. The Morgan fingerprint density at radius 1 is 1.42 bits per heavy atom. The molecule has 0 spiro atoms. The van der Waals surface area contributed by atoms with Gasteiger partial charge in [0, 0.05) is 24.7 Å². The average Bonchev–Trinajstić information content (AvgIpc) is 2.27. The lowest BCUT2D eigenvalue weighted by atomic mass is 9.92. The van der Waals surface area contributed by atoms with E-state index in [0.717, 1.165) is 25.7 Å². The molecule has 0 aromatic heterocycles. The molecule has 1 aliphatic rings. The Morgan fingerprint density at radius 3 is 2.53 bits per heavy atom. The predicted octanol–water partition coefficient (Wildman–Crippen LogP) is 1.46. The fourth-order valence-corrected chi connectivity index (χ4v) is 4.72. The van der Waals surface area contributed by atoms with Crippen LogP contribution in [0.2, 0.25) is 0 Å². The Kier molecular flexibility index (Phi) is 5.79. The van der Waals surface area contributed by atoms with Crippen LogP contribution in [0, 0.1) is 5.92 Å². The smallest absolute Gasteiger partial charge is 0.280 e. The van der Waals surface area contributed by atoms with Crippen LogP contribution in [-0.2, 0) is 10.2 Å². The summed E-state index contributed by atoms with van der Waals surface area (Å²) in [5, 5.41) is 0. The first-order valence-corrected chi connectivity index (χ1v) is 8.65. The lowest BCUT2D eigenvalue weighted by Gasteiger charge is -2.37. The van der Waals surface area contributed by atoms with Gasteiger partial charge in [0.15, 0.2) is 0 Å². The molecule has 1 rings (SSSR count). The van der Waals surface area contributed by atoms with Crippen molar-refractivity contribution in [3.05, 3.63) is 0 Å². The van der Waals surface area contributed by atoms with Gasteiger partial charge in [-0.25, -0.2) is 0 Å². The minimum absolute atomic E-state index is 0.0762. The SMILES string of the molecule is CC(C)CC(C)(CN)NS(=O)(=O)N1CCCCC1C. The van der Waals surface area contributed by atoms with Crippen molar-refractivity contribution >= 4 is 10.2 Å². The van der Waals surface area contributed by atoms with E-state index in [2.05, 4.69) is 18.6 Å². The molecule has 1 saturated heterocycles. The third-order valence-electron chi connectivity index (χ3n) is 3.74. The van der Waals surface area contributed by atoms with Crippen LogP contribution in [0.15, 0.2) is 0 Å². The Labute approximate surface area is 118 Å². The summed E-state index contributed by atoms with van der Waals surface area (Å²) in [6.45, 7) is 8.93. The third-order valence-corrected chi connectivity index (χ3v) is 5.65. The van der Waals surface area contributed by atoms with Crippen LogP contribution < -0.4 is 10.5 Å². The molecule has 0 amide bonds. The van der Waals surface area contributed by atoms with Crippen LogP contribution in [0.25, 0.3) is 0 Å². The number of nitrogens with two attached hydrogens (primary N) is 1. The van der Waals surface area contributed by atoms with Gasteiger partial charge in [0.05, 0.1) is 0 Å². The second-order valence-corrected chi connectivity index (χ2v) is 8.05. The molecule has 0 aliphatic carbocycles. The van der Waals surface area contributed by atoms with Crippen LogP contribution in [-0.4, -0.2) is 37.4 Å². The van der Waals surface area contributed by atoms with Gasteiger partial charge < -0.3 is 5.73 Å². The zero-order valence-electron chi connectivity index (χ0n) is 12.6. The van der Waals surface area contributed by atoms with Crippen molar-refractivity contribution in [2.24, 2.45) is 11.7 Å². The highest BCUT2D eigenvalue weighted by molar-refractivity contribution is 7.87. The Bertz CT molecular complexity index is 383. The van der Waals surface area contributed by atoms with E-state index in [-0.39, 0.29) is 6.04 Å². The van der Waals surface area contributed by atoms with Gasteiger partial charge in [-0.1, -0.05) is 20.3 Å². The highest BCUT2D eigenvalue weighted by Gasteiger charge is 2.35. The fraction of sp³-hybridized carbons (Fsp3) is 1.00. The highest BCUT2D eigenvalue weighted by Crippen LogP contribution is 2.22. The second-order valence-electron chi connectivity index (χ2n) is 6.43. The second kappa shape index (κ2) is 6.52. The molecule has 2 atom stereocenters. The minimum Gasteiger partial charge on any atom is -0.329 e. The minimum atomic E-state index is -3.44. The topological polar surface area (TPSA) is 75.4 Å². The zero-order chi connectivity index (χ0) is 14.7. The molecule has 0 aromatic carbocycles. The number of nitrogens with one attached hydrogen (secondary N) is 1. The summed E-state index contributed by atoms with van der Waals surface area (Å²) in [5.74, 6) is 0.398. The van der Waals surface area contributed by atoms with Crippen molar-refractivity contribution in [2.75, 3.05) is 13.1 Å². The van der Waals surface area contributed by atoms with Gasteiger partial charge in [-0.05, 0) is 39.0 Å². The maximum absolute atomic E-state index is 12.5. The molecular weight excluding hydrogens is 262 g/mol. The van der Waals surface area contributed by atoms with E-state index >= 15 is 0 Å². The average molecular weight is 291 g/mol. The van der Waals surface area contributed by atoms with Crippen molar-refractivity contribution in [1.82, 2.24) is 9.03 Å². The quantitative estimate of drug-likeness (QED) is 0.778. The lowest BCUT2D eigenvalue weighted by molar-refractivity contribution is 0.254. The molecule has 3 N–H and O–H groups in total. The highest BCUT2D eigenvalue weighted by atomic mass is 32.2. The molecule has 2 unspecified atom stereocenters. The van der Waals surface area contributed by atoms with Gasteiger partial charge in [0.1, 0.15) is 0 Å². The van der Waals surface area contributed by atoms with E-state index < -0.39 is 15.7 Å². The molecule has 1 fully saturated rings. The first-order chi connectivity index (χ1) is 8.70. The molecule has 0 saturated carbocycles. The summed E-state index contributed by atoms with van der Waals surface area (Å²) in [5.41, 5.74) is 5.22. The van der Waals surface area contributed by atoms with Crippen LogP contribution in [0.3, 0.4) is 0 Å². The first-order valence-electron chi connectivity index (χ1n) is 7.21. The molecular formula is C13H29N3O2S. The summed E-state index contributed by atoms with van der Waals surface area (Å²) in [4.78, 5) is 0. The van der Waals surface area contributed by atoms with E-state index in [4.69, 9.17) is 5.73 Å². The molecule has 6 heteroatoms. The molecule has 0 aromatic rings. The third kappa shape index (κ3) is 4.70. The monoisotopic (exact) mass is 291 g/mol. The van der Waals surface area contributed by atoms with Gasteiger partial charge in [-0.3, -0.25) is 0 Å². The largest absolute Gasteiger partial charge is 0.329 e. The molecule has 0 bridgehead atoms. The van der Waals surface area contributed by atoms with Crippen LogP contribution in [0.5, 0.6) is 0 Å². The van der Waals surface area contributed by atoms with Gasteiger partial charge in [-0.15, -0.1) is 0 Å². The summed E-state index contributed by atoms with van der Waals surface area (Å²) in [6.07, 6.45) is 3.72. The number of hydrogen-bond acceptors (Lipinski definition) is 3. The van der Waals surface area contributed by atoms with E-state index in [1.54, 1.807) is 4.31 Å². The van der Waals surface area contributed by atoms with Gasteiger partial charge in [-0.2, -0.15) is 17.4 Å². The summed E-state index contributed by atoms with van der Waals surface area (Å²) >= 11 is 0. The zero-order valence-corrected chi connectivity index (χ0v) is 13.5. The fourth-order valence-electron chi connectivity index (χ4n) is 2.87. The number of rotatable bonds is 6. The number of nitrogens with zero attached hydrogens (tertiary/aromatic N) is 1. The lowest BCUT2D eigenvalue weighted by Crippen LogP contribution is -2.58. The van der Waals surface area contributed by atoms with Crippen molar-refractivity contribution in [1.29, 1.82) is 0 Å². The predicted molar refractivity (Wildman–Crippen MR) is 79.0 cm³/mol. The Morgan fingerprint density at radius 2 is 2.05 bits per heavy atom. The normalized spacial score (nSPS) is 25.5. The molecule has 1 heterocycles. The summed E-state index contributed by atoms with van der Waals surface area (Å²) in [7, 11) is -3.44. The van der Waals surface area contributed by atoms with Crippen molar-refractivity contribution in [2.45, 2.75) is 65.0 Å². The molecule has 1 aliphatic heterocycles. The van der Waals surface area contributed by atoms with Crippen molar-refractivity contribution in [3.63, 3.8) is 0 Å². The summed E-state index contributed by atoms with van der Waals surface area (Å²) < 4.78 is 29.4. The molecule has 5 nitrogen and oxygen atoms in total. The maximum Gasteiger partial charge on any atom is 0.280 e. The molecule has 19 heavy (non-hydrogen) atoms. The van der Waals surface area contributed by atoms with E-state index in [1.807, 2.05) is 13.8 Å². The maximum atomic E-state index is 12.5. The van der Waals surface area contributed by atoms with Crippen LogP contribution in [0.1, 0.15) is 53.4 Å². The molecule has 0 radical (unpaired) electrons. The van der Waals surface area contributed by atoms with E-state index in [0.29, 0.717) is 19.0 Å². The Balaban J connectivity index is 2.82. The standard InChI is InChI=1S/C13H29N3O2S/c1-11(2)9-13(4,10-14)15-19(17,18)16-8-6-5-7-12(16)3/h11-12,15H,5-10,14H2,1-4H3. The van der Waals surface area contributed by atoms with Gasteiger partial charge in [0.2, 0.25) is 0 Å². The van der Waals surface area contributed by atoms with Crippen LogP contribution in [0.4, 0.5) is 0 Å². The first kappa shape index (κ1) is 16.9. The van der Waals surface area contributed by atoms with E-state index in [9.17, 15) is 8.42 Å². The summed E-state index contributed by atoms with van der Waals surface area (Å²) in [6, 6.07) is 0.0762. The van der Waals surface area contributed by atoms with Crippen molar-refractivity contribution in [3.8, 4) is 0 Å². The van der Waals surface area contributed by atoms with E-state index in [1.165, 1.54) is 0 Å². The number of hydrogen-bond donors (Lipinski definition) is 2.